The predicted molar refractivity (Wildman–Crippen MR) is 69.8 cm³/mol. The lowest BCUT2D eigenvalue weighted by atomic mass is 9.77. The first-order valence-corrected chi connectivity index (χ1v) is 6.75. The Bertz CT molecular complexity index is 257. The van der Waals surface area contributed by atoms with E-state index in [1.165, 1.54) is 26.4 Å². The standard InChI is InChI=1S/C14H27NO2/c1-6-14(4)7-9-15(10-8-14)12(3)11(2)13(16)17-5/h11-12H,6-10H2,1-5H3. The van der Waals surface area contributed by atoms with Crippen LogP contribution in [-0.2, 0) is 9.53 Å². The van der Waals surface area contributed by atoms with Gasteiger partial charge >= 0.3 is 5.97 Å². The van der Waals surface area contributed by atoms with E-state index < -0.39 is 0 Å². The number of hydrogen-bond donors (Lipinski definition) is 0. The number of carbonyl (C=O) groups excluding carboxylic acids is 1. The lowest BCUT2D eigenvalue weighted by molar-refractivity contribution is -0.147. The van der Waals surface area contributed by atoms with E-state index in [0.717, 1.165) is 13.1 Å². The highest BCUT2D eigenvalue weighted by Gasteiger charge is 2.33. The number of likely N-dealkylation sites (tertiary alicyclic amines) is 1. The Kier molecular flexibility index (Phi) is 4.99. The van der Waals surface area contributed by atoms with Crippen LogP contribution in [0.3, 0.4) is 0 Å². The Labute approximate surface area is 106 Å². The maximum atomic E-state index is 11.5. The molecule has 17 heavy (non-hydrogen) atoms. The van der Waals surface area contributed by atoms with Gasteiger partial charge in [0.1, 0.15) is 0 Å². The van der Waals surface area contributed by atoms with Crippen LogP contribution in [0.15, 0.2) is 0 Å². The summed E-state index contributed by atoms with van der Waals surface area (Å²) in [5.74, 6) is -0.132. The topological polar surface area (TPSA) is 29.5 Å². The van der Waals surface area contributed by atoms with Gasteiger partial charge in [-0.25, -0.2) is 0 Å². The summed E-state index contributed by atoms with van der Waals surface area (Å²) in [6.45, 7) is 11.0. The number of hydrogen-bond acceptors (Lipinski definition) is 3. The molecule has 1 aliphatic rings. The Morgan fingerprint density at radius 1 is 1.35 bits per heavy atom. The van der Waals surface area contributed by atoms with Crippen LogP contribution in [0, 0.1) is 11.3 Å². The van der Waals surface area contributed by atoms with Gasteiger partial charge in [0.25, 0.3) is 0 Å². The summed E-state index contributed by atoms with van der Waals surface area (Å²) in [5.41, 5.74) is 0.505. The summed E-state index contributed by atoms with van der Waals surface area (Å²) >= 11 is 0. The van der Waals surface area contributed by atoms with Crippen molar-refractivity contribution in [2.45, 2.75) is 53.0 Å². The van der Waals surface area contributed by atoms with Gasteiger partial charge in [-0.2, -0.15) is 0 Å². The normalized spacial score (nSPS) is 24.1. The summed E-state index contributed by atoms with van der Waals surface area (Å²) in [6.07, 6.45) is 3.73. The van der Waals surface area contributed by atoms with Gasteiger partial charge in [0.05, 0.1) is 13.0 Å². The molecule has 1 aliphatic heterocycles. The monoisotopic (exact) mass is 241 g/mol. The van der Waals surface area contributed by atoms with Crippen LogP contribution in [0.2, 0.25) is 0 Å². The van der Waals surface area contributed by atoms with E-state index in [-0.39, 0.29) is 17.9 Å². The molecule has 0 spiro atoms. The van der Waals surface area contributed by atoms with Crippen molar-refractivity contribution >= 4 is 5.97 Å². The molecular formula is C14H27NO2. The van der Waals surface area contributed by atoms with E-state index in [9.17, 15) is 4.79 Å². The van der Waals surface area contributed by atoms with Crippen LogP contribution in [-0.4, -0.2) is 37.1 Å². The molecule has 2 atom stereocenters. The minimum atomic E-state index is -0.0960. The van der Waals surface area contributed by atoms with E-state index in [2.05, 4.69) is 25.7 Å². The van der Waals surface area contributed by atoms with Gasteiger partial charge in [0.2, 0.25) is 0 Å². The zero-order chi connectivity index (χ0) is 13.1. The van der Waals surface area contributed by atoms with Crippen LogP contribution in [0.5, 0.6) is 0 Å². The van der Waals surface area contributed by atoms with E-state index in [1.807, 2.05) is 6.92 Å². The van der Waals surface area contributed by atoms with Gasteiger partial charge in [0.15, 0.2) is 0 Å². The summed E-state index contributed by atoms with van der Waals surface area (Å²) < 4.78 is 4.82. The first-order valence-electron chi connectivity index (χ1n) is 6.75. The van der Waals surface area contributed by atoms with Gasteiger partial charge in [-0.05, 0) is 38.3 Å². The quantitative estimate of drug-likeness (QED) is 0.709. The van der Waals surface area contributed by atoms with Gasteiger partial charge in [0, 0.05) is 6.04 Å². The van der Waals surface area contributed by atoms with Crippen LogP contribution < -0.4 is 0 Å². The maximum Gasteiger partial charge on any atom is 0.309 e. The average Bonchev–Trinajstić information content (AvgIpc) is 2.37. The zero-order valence-electron chi connectivity index (χ0n) is 12.0. The number of rotatable bonds is 4. The lowest BCUT2D eigenvalue weighted by Crippen LogP contribution is -2.47. The highest BCUT2D eigenvalue weighted by molar-refractivity contribution is 5.72. The minimum Gasteiger partial charge on any atom is -0.469 e. The zero-order valence-corrected chi connectivity index (χ0v) is 12.0. The number of ether oxygens (including phenoxy) is 1. The van der Waals surface area contributed by atoms with Crippen molar-refractivity contribution < 1.29 is 9.53 Å². The molecule has 0 bridgehead atoms. The summed E-state index contributed by atoms with van der Waals surface area (Å²) in [7, 11) is 1.47. The van der Waals surface area contributed by atoms with Gasteiger partial charge in [-0.3, -0.25) is 9.69 Å². The molecule has 1 heterocycles. The van der Waals surface area contributed by atoms with E-state index >= 15 is 0 Å². The highest BCUT2D eigenvalue weighted by Crippen LogP contribution is 2.35. The fourth-order valence-electron chi connectivity index (χ4n) is 2.52. The summed E-state index contributed by atoms with van der Waals surface area (Å²) in [6, 6.07) is 0.281. The predicted octanol–water partition coefficient (Wildman–Crippen LogP) is 2.70. The largest absolute Gasteiger partial charge is 0.469 e. The first kappa shape index (κ1) is 14.5. The fraction of sp³-hybridized carbons (Fsp3) is 0.929. The molecule has 0 aromatic carbocycles. The van der Waals surface area contributed by atoms with Crippen LogP contribution >= 0.6 is 0 Å². The molecule has 0 aromatic heterocycles. The van der Waals surface area contributed by atoms with Crippen molar-refractivity contribution in [2.75, 3.05) is 20.2 Å². The molecule has 3 heteroatoms. The third kappa shape index (κ3) is 3.44. The first-order chi connectivity index (χ1) is 7.93. The second-order valence-corrected chi connectivity index (χ2v) is 5.75. The van der Waals surface area contributed by atoms with Crippen molar-refractivity contribution in [1.82, 2.24) is 4.90 Å². The van der Waals surface area contributed by atoms with Gasteiger partial charge in [-0.15, -0.1) is 0 Å². The SMILES string of the molecule is CCC1(C)CCN(C(C)C(C)C(=O)OC)CC1. The van der Waals surface area contributed by atoms with Gasteiger partial charge in [-0.1, -0.05) is 27.2 Å². The molecule has 2 unspecified atom stereocenters. The van der Waals surface area contributed by atoms with Crippen LogP contribution in [0.1, 0.15) is 47.0 Å². The number of carbonyl (C=O) groups is 1. The Morgan fingerprint density at radius 3 is 2.29 bits per heavy atom. The molecule has 1 saturated heterocycles. The molecule has 0 saturated carbocycles. The molecule has 0 aromatic rings. The fourth-order valence-corrected chi connectivity index (χ4v) is 2.52. The van der Waals surface area contributed by atoms with E-state index in [1.54, 1.807) is 0 Å². The maximum absolute atomic E-state index is 11.5. The second kappa shape index (κ2) is 5.85. The number of esters is 1. The minimum absolute atomic E-state index is 0.0361. The van der Waals surface area contributed by atoms with Crippen molar-refractivity contribution in [2.24, 2.45) is 11.3 Å². The Morgan fingerprint density at radius 2 is 1.88 bits per heavy atom. The molecular weight excluding hydrogens is 214 g/mol. The average molecular weight is 241 g/mol. The molecule has 0 radical (unpaired) electrons. The van der Waals surface area contributed by atoms with E-state index in [4.69, 9.17) is 4.74 Å². The van der Waals surface area contributed by atoms with Crippen molar-refractivity contribution in [3.05, 3.63) is 0 Å². The molecule has 0 aliphatic carbocycles. The second-order valence-electron chi connectivity index (χ2n) is 5.75. The van der Waals surface area contributed by atoms with Crippen molar-refractivity contribution in [3.8, 4) is 0 Å². The number of piperidine rings is 1. The third-order valence-corrected chi connectivity index (χ3v) is 4.73. The van der Waals surface area contributed by atoms with Crippen molar-refractivity contribution in [3.63, 3.8) is 0 Å². The van der Waals surface area contributed by atoms with E-state index in [0.29, 0.717) is 5.41 Å². The molecule has 0 N–H and O–H groups in total. The molecule has 0 amide bonds. The summed E-state index contributed by atoms with van der Waals surface area (Å²) in [5, 5.41) is 0. The van der Waals surface area contributed by atoms with Crippen LogP contribution in [0.4, 0.5) is 0 Å². The highest BCUT2D eigenvalue weighted by atomic mass is 16.5. The van der Waals surface area contributed by atoms with Crippen LogP contribution in [0.25, 0.3) is 0 Å². The number of methoxy groups -OCH3 is 1. The third-order valence-electron chi connectivity index (χ3n) is 4.73. The Hall–Kier alpha value is -0.570. The number of nitrogens with zero attached hydrogens (tertiary/aromatic N) is 1. The smallest absolute Gasteiger partial charge is 0.309 e. The summed E-state index contributed by atoms with van der Waals surface area (Å²) in [4.78, 5) is 14.0. The molecule has 1 rings (SSSR count). The molecule has 1 fully saturated rings. The van der Waals surface area contributed by atoms with Gasteiger partial charge < -0.3 is 4.74 Å². The Balaban J connectivity index is 2.51. The lowest BCUT2D eigenvalue weighted by Gasteiger charge is -2.42. The molecule has 100 valence electrons. The van der Waals surface area contributed by atoms with Crippen molar-refractivity contribution in [1.29, 1.82) is 0 Å². The molecule has 3 nitrogen and oxygen atoms in total.